The Morgan fingerprint density at radius 2 is 1.72 bits per heavy atom. The Labute approximate surface area is 146 Å². The van der Waals surface area contributed by atoms with Gasteiger partial charge in [-0.25, -0.2) is 14.8 Å². The second kappa shape index (κ2) is 7.72. The van der Waals surface area contributed by atoms with E-state index in [1.807, 2.05) is 68.4 Å². The van der Waals surface area contributed by atoms with Crippen LogP contribution in [0.4, 0.5) is 5.95 Å². The van der Waals surface area contributed by atoms with E-state index >= 15 is 0 Å². The Kier molecular flexibility index (Phi) is 5.20. The molecule has 0 atom stereocenters. The fourth-order valence-corrected chi connectivity index (χ4v) is 2.62. The van der Waals surface area contributed by atoms with Gasteiger partial charge < -0.3 is 0 Å². The van der Waals surface area contributed by atoms with Crippen molar-refractivity contribution in [2.45, 2.75) is 26.8 Å². The zero-order valence-corrected chi connectivity index (χ0v) is 14.4. The second-order valence-corrected chi connectivity index (χ2v) is 5.69. The molecule has 25 heavy (non-hydrogen) atoms. The maximum absolute atomic E-state index is 12.5. The zero-order chi connectivity index (χ0) is 17.6. The lowest BCUT2D eigenvalue weighted by atomic mass is 10.2. The van der Waals surface area contributed by atoms with Crippen molar-refractivity contribution in [3.63, 3.8) is 0 Å². The predicted octanol–water partition coefficient (Wildman–Crippen LogP) is 2.62. The van der Waals surface area contributed by atoms with Crippen LogP contribution in [0.15, 0.2) is 59.4 Å². The third kappa shape index (κ3) is 3.92. The fraction of sp³-hybridized carbons (Fsp3) is 0.211. The monoisotopic (exact) mass is 335 g/mol. The molecule has 0 aliphatic heterocycles. The van der Waals surface area contributed by atoms with E-state index in [1.54, 1.807) is 4.57 Å². The van der Waals surface area contributed by atoms with E-state index < -0.39 is 0 Å². The molecule has 6 nitrogen and oxygen atoms in total. The number of anilines is 1. The molecule has 2 aromatic carbocycles. The van der Waals surface area contributed by atoms with E-state index in [0.717, 1.165) is 16.8 Å². The van der Waals surface area contributed by atoms with Crippen LogP contribution in [0.25, 0.3) is 5.69 Å². The van der Waals surface area contributed by atoms with Crippen LogP contribution in [0.1, 0.15) is 23.9 Å². The molecule has 1 aromatic heterocycles. The van der Waals surface area contributed by atoms with Gasteiger partial charge in [0, 0.05) is 13.0 Å². The number of nitrogens with one attached hydrogen (secondary N) is 2. The highest BCUT2D eigenvalue weighted by molar-refractivity contribution is 5.41. The Balaban J connectivity index is 1.82. The number of hydrogen-bond donors (Lipinski definition) is 2. The minimum atomic E-state index is -0.342. The summed E-state index contributed by atoms with van der Waals surface area (Å²) in [5.41, 5.74) is 8.56. The molecule has 0 saturated heterocycles. The van der Waals surface area contributed by atoms with Gasteiger partial charge in [-0.2, -0.15) is 9.97 Å². The first kappa shape index (κ1) is 16.9. The molecule has 2 N–H and O–H groups in total. The van der Waals surface area contributed by atoms with Crippen molar-refractivity contribution in [1.29, 1.82) is 0 Å². The van der Waals surface area contributed by atoms with Crippen LogP contribution in [0.2, 0.25) is 0 Å². The average molecular weight is 335 g/mol. The molecule has 0 amide bonds. The molecule has 0 radical (unpaired) electrons. The molecule has 6 heteroatoms. The van der Waals surface area contributed by atoms with Gasteiger partial charge in [0.1, 0.15) is 5.82 Å². The third-order valence-corrected chi connectivity index (χ3v) is 3.89. The van der Waals surface area contributed by atoms with Crippen LogP contribution in [0.5, 0.6) is 0 Å². The predicted molar refractivity (Wildman–Crippen MR) is 98.6 cm³/mol. The van der Waals surface area contributed by atoms with Crippen molar-refractivity contribution < 1.29 is 0 Å². The first-order chi connectivity index (χ1) is 12.2. The molecule has 0 bridgehead atoms. The Bertz CT molecular complexity index is 905. The summed E-state index contributed by atoms with van der Waals surface area (Å²) >= 11 is 0. The number of benzene rings is 2. The minimum Gasteiger partial charge on any atom is -0.289 e. The van der Waals surface area contributed by atoms with Gasteiger partial charge >= 0.3 is 5.69 Å². The number of para-hydroxylation sites is 1. The summed E-state index contributed by atoms with van der Waals surface area (Å²) in [5, 5.41) is 0. The van der Waals surface area contributed by atoms with Gasteiger partial charge in [-0.1, -0.05) is 55.5 Å². The molecule has 0 aliphatic rings. The molecular weight excluding hydrogens is 314 g/mol. The van der Waals surface area contributed by atoms with E-state index in [1.165, 1.54) is 0 Å². The lowest BCUT2D eigenvalue weighted by Gasteiger charge is -2.14. The van der Waals surface area contributed by atoms with Crippen LogP contribution in [-0.4, -0.2) is 14.5 Å². The first-order valence-electron chi connectivity index (χ1n) is 8.28. The van der Waals surface area contributed by atoms with Gasteiger partial charge in [0.05, 0.1) is 5.69 Å². The summed E-state index contributed by atoms with van der Waals surface area (Å²) in [6, 6.07) is 17.7. The van der Waals surface area contributed by atoms with Gasteiger partial charge in [0.15, 0.2) is 0 Å². The Hall–Kier alpha value is -2.99. The summed E-state index contributed by atoms with van der Waals surface area (Å²) in [7, 11) is 0. The normalized spacial score (nSPS) is 10.6. The minimum absolute atomic E-state index is 0.280. The van der Waals surface area contributed by atoms with Gasteiger partial charge in [0.2, 0.25) is 5.95 Å². The van der Waals surface area contributed by atoms with Gasteiger partial charge in [-0.05, 0) is 24.1 Å². The van der Waals surface area contributed by atoms with E-state index in [2.05, 4.69) is 20.8 Å². The van der Waals surface area contributed by atoms with Crippen LogP contribution in [0.3, 0.4) is 0 Å². The molecule has 128 valence electrons. The molecule has 0 unspecified atom stereocenters. The second-order valence-electron chi connectivity index (χ2n) is 5.69. The average Bonchev–Trinajstić information content (AvgIpc) is 2.63. The summed E-state index contributed by atoms with van der Waals surface area (Å²) in [6.07, 6.45) is 0.624. The highest BCUT2D eigenvalue weighted by atomic mass is 16.1. The Morgan fingerprint density at radius 3 is 2.44 bits per heavy atom. The van der Waals surface area contributed by atoms with E-state index in [9.17, 15) is 4.79 Å². The number of nitrogens with zero attached hydrogens (tertiary/aromatic N) is 3. The Morgan fingerprint density at radius 1 is 1.00 bits per heavy atom. The fourth-order valence-electron chi connectivity index (χ4n) is 2.62. The van der Waals surface area contributed by atoms with Crippen molar-refractivity contribution in [1.82, 2.24) is 20.0 Å². The highest BCUT2D eigenvalue weighted by Gasteiger charge is 2.12. The number of hydrogen-bond acceptors (Lipinski definition) is 5. The molecule has 1 heterocycles. The van der Waals surface area contributed by atoms with Crippen molar-refractivity contribution in [2.75, 3.05) is 5.43 Å². The zero-order valence-electron chi connectivity index (χ0n) is 14.4. The van der Waals surface area contributed by atoms with E-state index in [-0.39, 0.29) is 11.6 Å². The maximum Gasteiger partial charge on any atom is 0.356 e. The van der Waals surface area contributed by atoms with Crippen LogP contribution < -0.4 is 16.5 Å². The largest absolute Gasteiger partial charge is 0.356 e. The van der Waals surface area contributed by atoms with Crippen LogP contribution >= 0.6 is 0 Å². The lowest BCUT2D eigenvalue weighted by Crippen LogP contribution is -2.31. The molecule has 3 aromatic rings. The van der Waals surface area contributed by atoms with Crippen LogP contribution in [-0.2, 0) is 13.0 Å². The van der Waals surface area contributed by atoms with Crippen molar-refractivity contribution in [2.24, 2.45) is 0 Å². The molecule has 3 rings (SSSR count). The smallest absolute Gasteiger partial charge is 0.289 e. The molecule has 0 spiro atoms. The quantitative estimate of drug-likeness (QED) is 0.678. The van der Waals surface area contributed by atoms with Crippen molar-refractivity contribution in [3.8, 4) is 5.69 Å². The molecule has 0 fully saturated rings. The molecular formula is C19H21N5O. The molecule has 0 aliphatic carbocycles. The summed E-state index contributed by atoms with van der Waals surface area (Å²) in [4.78, 5) is 21.1. The SMILES string of the molecule is CCc1nc(NNCc2ccccc2)nc(=O)n1-c1ccccc1C. The standard InChI is InChI=1S/C19H21N5O/c1-3-17-21-18(23-20-13-15-10-5-4-6-11-15)22-19(25)24(17)16-12-8-7-9-14(16)2/h4-12,20H,3,13H2,1-2H3,(H,22,23,25). The number of rotatable bonds is 6. The topological polar surface area (TPSA) is 71.8 Å². The van der Waals surface area contributed by atoms with E-state index in [0.29, 0.717) is 18.8 Å². The maximum atomic E-state index is 12.5. The third-order valence-electron chi connectivity index (χ3n) is 3.89. The molecule has 0 saturated carbocycles. The summed E-state index contributed by atoms with van der Waals surface area (Å²) < 4.78 is 1.57. The first-order valence-corrected chi connectivity index (χ1v) is 8.28. The van der Waals surface area contributed by atoms with E-state index in [4.69, 9.17) is 0 Å². The van der Waals surface area contributed by atoms with Crippen molar-refractivity contribution >= 4 is 5.95 Å². The van der Waals surface area contributed by atoms with Gasteiger partial charge in [-0.3, -0.25) is 5.43 Å². The summed E-state index contributed by atoms with van der Waals surface area (Å²) in [5.74, 6) is 0.945. The van der Waals surface area contributed by atoms with Crippen molar-refractivity contribution in [3.05, 3.63) is 82.0 Å². The number of aryl methyl sites for hydroxylation is 2. The van der Waals surface area contributed by atoms with Gasteiger partial charge in [0.25, 0.3) is 0 Å². The van der Waals surface area contributed by atoms with Crippen LogP contribution in [0, 0.1) is 6.92 Å². The number of aromatic nitrogens is 3. The van der Waals surface area contributed by atoms with Gasteiger partial charge in [-0.15, -0.1) is 0 Å². The summed E-state index contributed by atoms with van der Waals surface area (Å²) in [6.45, 7) is 4.54. The highest BCUT2D eigenvalue weighted by Crippen LogP contribution is 2.13. The lowest BCUT2D eigenvalue weighted by molar-refractivity contribution is 0.734. The number of hydrazine groups is 1.